The summed E-state index contributed by atoms with van der Waals surface area (Å²) in [5.41, 5.74) is 0.996. The molecular formula is C14H18Cl2N2O. The average molecular weight is 301 g/mol. The van der Waals surface area contributed by atoms with Gasteiger partial charge in [0.1, 0.15) is 0 Å². The molecule has 1 aliphatic rings. The minimum absolute atomic E-state index is 0.0743. The van der Waals surface area contributed by atoms with Crippen LogP contribution in [0.2, 0.25) is 10.0 Å². The summed E-state index contributed by atoms with van der Waals surface area (Å²) in [5, 5.41) is 4.67. The number of nitrogens with zero attached hydrogens (tertiary/aromatic N) is 1. The number of likely N-dealkylation sites (tertiary alicyclic amines) is 1. The van der Waals surface area contributed by atoms with Gasteiger partial charge in [-0.2, -0.15) is 0 Å². The molecule has 0 aliphatic carbocycles. The standard InChI is InChI=1S/C14H18Cl2N2O/c1-3-12(10-5-4-9(15)8-11(10)16)17-13-6-7-18(2)14(13)19/h4-5,8,12-13,17H,3,6-7H2,1-2H3. The van der Waals surface area contributed by atoms with Crippen LogP contribution in [0.1, 0.15) is 31.4 Å². The third-order valence-electron chi connectivity index (χ3n) is 3.58. The number of benzene rings is 1. The second kappa shape index (κ2) is 6.12. The fraction of sp³-hybridized carbons (Fsp3) is 0.500. The summed E-state index contributed by atoms with van der Waals surface area (Å²) in [6.07, 6.45) is 1.71. The Bertz CT molecular complexity index is 479. The summed E-state index contributed by atoms with van der Waals surface area (Å²) in [5.74, 6) is 0.156. The van der Waals surface area contributed by atoms with Crippen molar-refractivity contribution in [3.8, 4) is 0 Å². The first-order valence-corrected chi connectivity index (χ1v) is 7.24. The molecule has 1 heterocycles. The molecule has 19 heavy (non-hydrogen) atoms. The van der Waals surface area contributed by atoms with Crippen LogP contribution in [-0.2, 0) is 4.79 Å². The summed E-state index contributed by atoms with van der Waals surface area (Å²) in [6.45, 7) is 2.88. The van der Waals surface area contributed by atoms with Gasteiger partial charge in [-0.25, -0.2) is 0 Å². The molecule has 0 bridgehead atoms. The Morgan fingerprint density at radius 1 is 1.47 bits per heavy atom. The molecule has 0 radical (unpaired) electrons. The molecule has 1 saturated heterocycles. The second-order valence-corrected chi connectivity index (χ2v) is 5.74. The van der Waals surface area contributed by atoms with Gasteiger partial charge in [-0.05, 0) is 30.5 Å². The number of carbonyl (C=O) groups excluding carboxylic acids is 1. The summed E-state index contributed by atoms with van der Waals surface area (Å²) in [6, 6.07) is 5.46. The maximum Gasteiger partial charge on any atom is 0.239 e. The van der Waals surface area contributed by atoms with E-state index in [2.05, 4.69) is 12.2 Å². The molecule has 1 amide bonds. The predicted octanol–water partition coefficient (Wildman–Crippen LogP) is 3.26. The molecule has 0 spiro atoms. The zero-order valence-corrected chi connectivity index (χ0v) is 12.6. The maximum absolute atomic E-state index is 11.9. The number of nitrogens with one attached hydrogen (secondary N) is 1. The molecule has 2 atom stereocenters. The molecule has 1 aromatic rings. The Hall–Kier alpha value is -0.770. The highest BCUT2D eigenvalue weighted by Gasteiger charge is 2.30. The van der Waals surface area contributed by atoms with E-state index in [-0.39, 0.29) is 18.0 Å². The van der Waals surface area contributed by atoms with Crippen molar-refractivity contribution >= 4 is 29.1 Å². The van der Waals surface area contributed by atoms with E-state index in [1.54, 1.807) is 11.0 Å². The highest BCUT2D eigenvalue weighted by Crippen LogP contribution is 2.29. The van der Waals surface area contributed by atoms with E-state index in [9.17, 15) is 4.79 Å². The minimum Gasteiger partial charge on any atom is -0.344 e. The zero-order valence-electron chi connectivity index (χ0n) is 11.1. The lowest BCUT2D eigenvalue weighted by molar-refractivity contribution is -0.128. The smallest absolute Gasteiger partial charge is 0.239 e. The van der Waals surface area contributed by atoms with Gasteiger partial charge >= 0.3 is 0 Å². The van der Waals surface area contributed by atoms with Gasteiger partial charge in [0.2, 0.25) is 5.91 Å². The van der Waals surface area contributed by atoms with Crippen molar-refractivity contribution in [2.24, 2.45) is 0 Å². The van der Waals surface area contributed by atoms with E-state index >= 15 is 0 Å². The quantitative estimate of drug-likeness (QED) is 0.925. The first kappa shape index (κ1) is 14.6. The SMILES string of the molecule is CCC(NC1CCN(C)C1=O)c1ccc(Cl)cc1Cl. The Balaban J connectivity index is 2.14. The van der Waals surface area contributed by atoms with Gasteiger partial charge in [0.15, 0.2) is 0 Å². The molecule has 5 heteroatoms. The van der Waals surface area contributed by atoms with Crippen LogP contribution in [0.3, 0.4) is 0 Å². The van der Waals surface area contributed by atoms with E-state index < -0.39 is 0 Å². The van der Waals surface area contributed by atoms with Crippen molar-refractivity contribution < 1.29 is 4.79 Å². The molecule has 2 unspecified atom stereocenters. The van der Waals surface area contributed by atoms with Crippen LogP contribution in [0.4, 0.5) is 0 Å². The van der Waals surface area contributed by atoms with Gasteiger partial charge < -0.3 is 4.90 Å². The molecule has 104 valence electrons. The molecule has 1 aromatic carbocycles. The van der Waals surface area contributed by atoms with Crippen LogP contribution in [0, 0.1) is 0 Å². The first-order chi connectivity index (χ1) is 9.02. The molecule has 1 aliphatic heterocycles. The molecule has 1 N–H and O–H groups in total. The fourth-order valence-electron chi connectivity index (χ4n) is 2.43. The molecular weight excluding hydrogens is 283 g/mol. The summed E-state index contributed by atoms with van der Waals surface area (Å²) in [7, 11) is 1.83. The summed E-state index contributed by atoms with van der Waals surface area (Å²) >= 11 is 12.1. The predicted molar refractivity (Wildman–Crippen MR) is 78.7 cm³/mol. The number of likely N-dealkylation sites (N-methyl/N-ethyl adjacent to an activating group) is 1. The number of rotatable bonds is 4. The van der Waals surface area contributed by atoms with Gasteiger partial charge in [-0.15, -0.1) is 0 Å². The minimum atomic E-state index is -0.110. The molecule has 0 saturated carbocycles. The summed E-state index contributed by atoms with van der Waals surface area (Å²) in [4.78, 5) is 13.7. The number of carbonyl (C=O) groups is 1. The van der Waals surface area contributed by atoms with E-state index in [1.807, 2.05) is 19.2 Å². The van der Waals surface area contributed by atoms with Gasteiger partial charge in [0.05, 0.1) is 6.04 Å². The highest BCUT2D eigenvalue weighted by molar-refractivity contribution is 6.35. The molecule has 1 fully saturated rings. The molecule has 3 nitrogen and oxygen atoms in total. The van der Waals surface area contributed by atoms with Crippen molar-refractivity contribution in [2.45, 2.75) is 31.8 Å². The normalized spacial score (nSPS) is 20.9. The zero-order chi connectivity index (χ0) is 14.0. The van der Waals surface area contributed by atoms with Crippen LogP contribution < -0.4 is 5.32 Å². The second-order valence-electron chi connectivity index (χ2n) is 4.89. The monoisotopic (exact) mass is 300 g/mol. The van der Waals surface area contributed by atoms with Crippen LogP contribution in [-0.4, -0.2) is 30.4 Å². The topological polar surface area (TPSA) is 32.3 Å². The number of hydrogen-bond acceptors (Lipinski definition) is 2. The Morgan fingerprint density at radius 3 is 2.74 bits per heavy atom. The van der Waals surface area contributed by atoms with E-state index in [1.165, 1.54) is 0 Å². The lowest BCUT2D eigenvalue weighted by Crippen LogP contribution is -2.39. The largest absolute Gasteiger partial charge is 0.344 e. The summed E-state index contributed by atoms with van der Waals surface area (Å²) < 4.78 is 0. The fourth-order valence-corrected chi connectivity index (χ4v) is 2.97. The molecule has 2 rings (SSSR count). The molecule has 0 aromatic heterocycles. The Kier molecular flexibility index (Phi) is 4.71. The lowest BCUT2D eigenvalue weighted by atomic mass is 10.0. The third kappa shape index (κ3) is 3.22. The van der Waals surface area contributed by atoms with Gasteiger partial charge in [-0.1, -0.05) is 36.2 Å². The lowest BCUT2D eigenvalue weighted by Gasteiger charge is -2.22. The Morgan fingerprint density at radius 2 is 2.21 bits per heavy atom. The highest BCUT2D eigenvalue weighted by atomic mass is 35.5. The first-order valence-electron chi connectivity index (χ1n) is 6.49. The van der Waals surface area contributed by atoms with Gasteiger partial charge in [-0.3, -0.25) is 10.1 Å². The number of hydrogen-bond donors (Lipinski definition) is 1. The van der Waals surface area contributed by atoms with Gasteiger partial charge in [0, 0.05) is 29.7 Å². The van der Waals surface area contributed by atoms with Crippen LogP contribution in [0.15, 0.2) is 18.2 Å². The van der Waals surface area contributed by atoms with Crippen molar-refractivity contribution in [3.05, 3.63) is 33.8 Å². The van der Waals surface area contributed by atoms with E-state index in [4.69, 9.17) is 23.2 Å². The van der Waals surface area contributed by atoms with Crippen LogP contribution in [0.25, 0.3) is 0 Å². The number of amides is 1. The van der Waals surface area contributed by atoms with Crippen molar-refractivity contribution in [3.63, 3.8) is 0 Å². The maximum atomic E-state index is 11.9. The third-order valence-corrected chi connectivity index (χ3v) is 4.14. The van der Waals surface area contributed by atoms with Crippen molar-refractivity contribution in [1.29, 1.82) is 0 Å². The van der Waals surface area contributed by atoms with Crippen LogP contribution >= 0.6 is 23.2 Å². The van der Waals surface area contributed by atoms with E-state index in [0.29, 0.717) is 10.0 Å². The number of halogens is 2. The Labute approximate surface area is 123 Å². The van der Waals surface area contributed by atoms with Crippen molar-refractivity contribution in [1.82, 2.24) is 10.2 Å². The van der Waals surface area contributed by atoms with Crippen LogP contribution in [0.5, 0.6) is 0 Å². The van der Waals surface area contributed by atoms with Crippen molar-refractivity contribution in [2.75, 3.05) is 13.6 Å². The van der Waals surface area contributed by atoms with E-state index in [0.717, 1.165) is 24.9 Å². The van der Waals surface area contributed by atoms with Gasteiger partial charge in [0.25, 0.3) is 0 Å². The average Bonchev–Trinajstić information content (AvgIpc) is 2.68.